The number of pyridine rings is 2. The molecule has 0 bridgehead atoms. The fraction of sp³-hybridized carbons (Fsp3) is 0.343. The van der Waals surface area contributed by atoms with Gasteiger partial charge in [-0.05, 0) is 77.8 Å². The number of benzene rings is 2. The number of amides is 1. The fourth-order valence-electron chi connectivity index (χ4n) is 5.25. The van der Waals surface area contributed by atoms with E-state index in [9.17, 15) is 9.59 Å². The molecule has 0 saturated carbocycles. The number of carbonyl (C=O) groups excluding carboxylic acids is 1. The molecular formula is C35H41N5O3. The third kappa shape index (κ3) is 7.39. The predicted octanol–water partition coefficient (Wildman–Crippen LogP) is 6.32. The molecule has 1 saturated heterocycles. The largest absolute Gasteiger partial charge is 0.381 e. The third-order valence-corrected chi connectivity index (χ3v) is 7.99. The van der Waals surface area contributed by atoms with Crippen molar-refractivity contribution in [3.05, 3.63) is 106 Å². The minimum Gasteiger partial charge on any atom is -0.381 e. The van der Waals surface area contributed by atoms with E-state index in [-0.39, 0.29) is 16.9 Å². The quantitative estimate of drug-likeness (QED) is 0.226. The van der Waals surface area contributed by atoms with Crippen LogP contribution in [-0.4, -0.2) is 34.7 Å². The van der Waals surface area contributed by atoms with Gasteiger partial charge < -0.3 is 25.3 Å². The monoisotopic (exact) mass is 579 g/mol. The third-order valence-electron chi connectivity index (χ3n) is 7.99. The van der Waals surface area contributed by atoms with Crippen LogP contribution in [0.3, 0.4) is 0 Å². The maximum absolute atomic E-state index is 13.1. The Morgan fingerprint density at radius 1 is 1.02 bits per heavy atom. The number of anilines is 3. The molecule has 3 heterocycles. The first-order chi connectivity index (χ1) is 20.6. The van der Waals surface area contributed by atoms with Crippen molar-refractivity contribution in [2.24, 2.45) is 7.05 Å². The summed E-state index contributed by atoms with van der Waals surface area (Å²) in [5.74, 6) is 0.431. The van der Waals surface area contributed by atoms with Crippen LogP contribution in [0.4, 0.5) is 17.2 Å². The number of hydrogen-bond acceptors (Lipinski definition) is 6. The molecule has 4 aromatic rings. The van der Waals surface area contributed by atoms with Gasteiger partial charge in [0.05, 0.1) is 0 Å². The Kier molecular flexibility index (Phi) is 9.08. The fourth-order valence-corrected chi connectivity index (χ4v) is 5.25. The summed E-state index contributed by atoms with van der Waals surface area (Å²) >= 11 is 0. The number of aryl methyl sites for hydroxylation is 1. The number of aromatic nitrogens is 2. The molecule has 3 N–H and O–H groups in total. The molecule has 43 heavy (non-hydrogen) atoms. The smallest absolute Gasteiger partial charge is 0.274 e. The molecule has 2 aromatic carbocycles. The highest BCUT2D eigenvalue weighted by Crippen LogP contribution is 2.30. The Balaban J connectivity index is 1.31. The second-order valence-electron chi connectivity index (χ2n) is 12.3. The molecule has 1 aliphatic rings. The van der Waals surface area contributed by atoms with Crippen LogP contribution in [0.15, 0.2) is 77.9 Å². The molecule has 0 unspecified atom stereocenters. The van der Waals surface area contributed by atoms with Gasteiger partial charge in [-0.15, -0.1) is 0 Å². The minimum absolute atomic E-state index is 0.0189. The standard InChI is InChI=1S/C35H41N5O3/c1-23-29(7-6-8-30(23)39-33(41)25-10-12-27(13-11-25)35(2,3)4)26-19-31(34(42)40(5)22-26)38-32-14-9-24(21-37-32)20-36-28-15-17-43-18-16-28/h6-14,19,21-22,28,36H,15-18,20H2,1-5H3,(H,37,38)(H,39,41). The van der Waals surface area contributed by atoms with Gasteiger partial charge in [0.25, 0.3) is 11.5 Å². The highest BCUT2D eigenvalue weighted by molar-refractivity contribution is 6.05. The summed E-state index contributed by atoms with van der Waals surface area (Å²) in [5, 5.41) is 9.84. The number of nitrogens with zero attached hydrogens (tertiary/aromatic N) is 2. The van der Waals surface area contributed by atoms with Crippen molar-refractivity contribution in [1.82, 2.24) is 14.9 Å². The lowest BCUT2D eigenvalue weighted by Crippen LogP contribution is -2.34. The van der Waals surface area contributed by atoms with Crippen molar-refractivity contribution in [3.8, 4) is 11.1 Å². The molecule has 1 aliphatic heterocycles. The van der Waals surface area contributed by atoms with Crippen LogP contribution in [0.5, 0.6) is 0 Å². The van der Waals surface area contributed by atoms with E-state index in [1.807, 2.05) is 80.0 Å². The van der Waals surface area contributed by atoms with E-state index in [1.54, 1.807) is 11.6 Å². The van der Waals surface area contributed by atoms with Crippen LogP contribution in [0.2, 0.25) is 0 Å². The van der Waals surface area contributed by atoms with Crippen LogP contribution in [-0.2, 0) is 23.7 Å². The van der Waals surface area contributed by atoms with E-state index in [1.165, 1.54) is 5.56 Å². The molecule has 0 aliphatic carbocycles. The van der Waals surface area contributed by atoms with E-state index in [4.69, 9.17) is 4.74 Å². The highest BCUT2D eigenvalue weighted by atomic mass is 16.5. The van der Waals surface area contributed by atoms with E-state index in [0.717, 1.165) is 60.5 Å². The van der Waals surface area contributed by atoms with Gasteiger partial charge in [0.1, 0.15) is 11.5 Å². The van der Waals surface area contributed by atoms with E-state index < -0.39 is 0 Å². The molecule has 1 amide bonds. The Morgan fingerprint density at radius 3 is 2.44 bits per heavy atom. The van der Waals surface area contributed by atoms with Gasteiger partial charge in [0.15, 0.2) is 0 Å². The van der Waals surface area contributed by atoms with Crippen LogP contribution in [0.1, 0.15) is 60.7 Å². The Labute approximate surface area is 253 Å². The molecule has 224 valence electrons. The first kappa shape index (κ1) is 30.2. The van der Waals surface area contributed by atoms with E-state index in [0.29, 0.717) is 23.1 Å². The van der Waals surface area contributed by atoms with Crippen molar-refractivity contribution in [2.75, 3.05) is 23.8 Å². The summed E-state index contributed by atoms with van der Waals surface area (Å²) < 4.78 is 6.99. The van der Waals surface area contributed by atoms with Gasteiger partial charge in [-0.2, -0.15) is 0 Å². The van der Waals surface area contributed by atoms with Crippen molar-refractivity contribution < 1.29 is 9.53 Å². The predicted molar refractivity (Wildman–Crippen MR) is 173 cm³/mol. The van der Waals surface area contributed by atoms with Gasteiger partial charge in [-0.1, -0.05) is 51.1 Å². The van der Waals surface area contributed by atoms with Crippen LogP contribution < -0.4 is 21.5 Å². The zero-order chi connectivity index (χ0) is 30.6. The first-order valence-corrected chi connectivity index (χ1v) is 14.8. The molecule has 1 fully saturated rings. The lowest BCUT2D eigenvalue weighted by molar-refractivity contribution is 0.0776. The van der Waals surface area contributed by atoms with Crippen molar-refractivity contribution in [2.45, 2.75) is 58.5 Å². The zero-order valence-electron chi connectivity index (χ0n) is 25.7. The van der Waals surface area contributed by atoms with Crippen LogP contribution >= 0.6 is 0 Å². The summed E-state index contributed by atoms with van der Waals surface area (Å²) in [6, 6.07) is 19.7. The number of ether oxygens (including phenoxy) is 1. The van der Waals surface area contributed by atoms with Gasteiger partial charge in [-0.25, -0.2) is 4.98 Å². The maximum atomic E-state index is 13.1. The summed E-state index contributed by atoms with van der Waals surface area (Å²) in [6.07, 6.45) is 5.68. The van der Waals surface area contributed by atoms with Crippen LogP contribution in [0.25, 0.3) is 11.1 Å². The Bertz CT molecular complexity index is 1630. The van der Waals surface area contributed by atoms with Gasteiger partial charge in [-0.3, -0.25) is 9.59 Å². The number of rotatable bonds is 8. The molecule has 2 aromatic heterocycles. The number of carbonyl (C=O) groups is 1. The summed E-state index contributed by atoms with van der Waals surface area (Å²) in [5.41, 5.74) is 6.55. The summed E-state index contributed by atoms with van der Waals surface area (Å²) in [4.78, 5) is 30.7. The van der Waals surface area contributed by atoms with Crippen molar-refractivity contribution in [1.29, 1.82) is 0 Å². The van der Waals surface area contributed by atoms with Gasteiger partial charge in [0, 0.05) is 62.1 Å². The highest BCUT2D eigenvalue weighted by Gasteiger charge is 2.17. The SMILES string of the molecule is Cc1c(NC(=O)c2ccc(C(C)(C)C)cc2)cccc1-c1cc(Nc2ccc(CNC3CCOCC3)cn2)c(=O)n(C)c1. The second kappa shape index (κ2) is 12.9. The molecule has 8 heteroatoms. The average molecular weight is 580 g/mol. The molecule has 0 radical (unpaired) electrons. The van der Waals surface area contributed by atoms with Crippen LogP contribution in [0, 0.1) is 6.92 Å². The minimum atomic E-state index is -0.166. The number of nitrogens with one attached hydrogen (secondary N) is 3. The first-order valence-electron chi connectivity index (χ1n) is 14.8. The second-order valence-corrected chi connectivity index (χ2v) is 12.3. The lowest BCUT2D eigenvalue weighted by atomic mass is 9.86. The van der Waals surface area contributed by atoms with Crippen molar-refractivity contribution in [3.63, 3.8) is 0 Å². The summed E-state index contributed by atoms with van der Waals surface area (Å²) in [7, 11) is 1.73. The molecule has 0 spiro atoms. The average Bonchev–Trinajstić information content (AvgIpc) is 3.00. The molecule has 0 atom stereocenters. The molecule has 5 rings (SSSR count). The maximum Gasteiger partial charge on any atom is 0.274 e. The molecular weight excluding hydrogens is 538 g/mol. The molecule has 8 nitrogen and oxygen atoms in total. The lowest BCUT2D eigenvalue weighted by Gasteiger charge is -2.23. The van der Waals surface area contributed by atoms with Gasteiger partial charge >= 0.3 is 0 Å². The Hall–Kier alpha value is -4.27. The Morgan fingerprint density at radius 2 is 1.77 bits per heavy atom. The van der Waals surface area contributed by atoms with E-state index >= 15 is 0 Å². The van der Waals surface area contributed by atoms with Gasteiger partial charge in [0.2, 0.25) is 0 Å². The summed E-state index contributed by atoms with van der Waals surface area (Å²) in [6.45, 7) is 10.8. The topological polar surface area (TPSA) is 97.3 Å². The normalized spacial score (nSPS) is 14.0. The zero-order valence-corrected chi connectivity index (χ0v) is 25.7. The number of hydrogen-bond donors (Lipinski definition) is 3. The van der Waals surface area contributed by atoms with E-state index in [2.05, 4.69) is 41.7 Å². The van der Waals surface area contributed by atoms with Crippen molar-refractivity contribution >= 4 is 23.1 Å².